The summed E-state index contributed by atoms with van der Waals surface area (Å²) in [7, 11) is 0. The molecule has 0 unspecified atom stereocenters. The zero-order valence-corrected chi connectivity index (χ0v) is 13.6. The monoisotopic (exact) mass is 342 g/mol. The lowest BCUT2D eigenvalue weighted by Gasteiger charge is -2.01. The molecule has 2 aromatic heterocycles. The first kappa shape index (κ1) is 14.5. The fourth-order valence-electron chi connectivity index (χ4n) is 2.40. The molecule has 1 aliphatic rings. The normalized spacial score (nSPS) is 13.8. The van der Waals surface area contributed by atoms with Gasteiger partial charge in [0, 0.05) is 30.1 Å². The molecule has 6 heteroatoms. The summed E-state index contributed by atoms with van der Waals surface area (Å²) in [6, 6.07) is 5.64. The molecule has 0 N–H and O–H groups in total. The van der Waals surface area contributed by atoms with Crippen LogP contribution in [0.5, 0.6) is 0 Å². The van der Waals surface area contributed by atoms with Crippen LogP contribution in [-0.2, 0) is 6.54 Å². The molecule has 1 saturated carbocycles. The first-order chi connectivity index (χ1) is 11.2. The van der Waals surface area contributed by atoms with Gasteiger partial charge in [-0.15, -0.1) is 5.10 Å². The molecule has 0 atom stereocenters. The number of hydrogen-bond donors (Lipinski definition) is 0. The fourth-order valence-corrected chi connectivity index (χ4v) is 2.82. The van der Waals surface area contributed by atoms with Gasteiger partial charge < -0.3 is 0 Å². The zero-order chi connectivity index (χ0) is 15.8. The van der Waals surface area contributed by atoms with Gasteiger partial charge in [-0.25, -0.2) is 4.68 Å². The van der Waals surface area contributed by atoms with Crippen LogP contribution in [0.25, 0.3) is 11.0 Å². The Labute approximate surface area is 143 Å². The van der Waals surface area contributed by atoms with Crippen LogP contribution in [0.4, 0.5) is 0 Å². The molecule has 1 aliphatic carbocycles. The van der Waals surface area contributed by atoms with Gasteiger partial charge in [0.1, 0.15) is 5.52 Å². The van der Waals surface area contributed by atoms with Crippen molar-refractivity contribution in [2.45, 2.75) is 19.4 Å². The number of fused-ring (bicyclic) bond motifs is 1. The van der Waals surface area contributed by atoms with Crippen molar-refractivity contribution in [3.05, 3.63) is 51.8 Å². The maximum atomic E-state index is 6.44. The van der Waals surface area contributed by atoms with Crippen LogP contribution in [0.15, 0.2) is 30.6 Å². The van der Waals surface area contributed by atoms with Crippen LogP contribution in [0.2, 0.25) is 10.0 Å². The SMILES string of the molecule is Clc1cncc(C#Cc2ccc3c(nnn3CC3CC3)c2Cl)c1. The van der Waals surface area contributed by atoms with Gasteiger partial charge in [0.05, 0.1) is 15.6 Å². The second-order valence-corrected chi connectivity index (χ2v) is 6.47. The molecule has 0 spiro atoms. The van der Waals surface area contributed by atoms with Crippen LogP contribution >= 0.6 is 23.2 Å². The highest BCUT2D eigenvalue weighted by Gasteiger charge is 2.23. The molecule has 1 fully saturated rings. The summed E-state index contributed by atoms with van der Waals surface area (Å²) >= 11 is 12.4. The lowest BCUT2D eigenvalue weighted by molar-refractivity contribution is 0.559. The Morgan fingerprint density at radius 1 is 1.17 bits per heavy atom. The van der Waals surface area contributed by atoms with Gasteiger partial charge in [-0.1, -0.05) is 40.3 Å². The van der Waals surface area contributed by atoms with Crippen molar-refractivity contribution >= 4 is 34.2 Å². The summed E-state index contributed by atoms with van der Waals surface area (Å²) in [6.07, 6.45) is 5.78. The Morgan fingerprint density at radius 2 is 2.04 bits per heavy atom. The van der Waals surface area contributed by atoms with E-state index in [1.54, 1.807) is 18.5 Å². The van der Waals surface area contributed by atoms with E-state index < -0.39 is 0 Å². The number of pyridine rings is 1. The third kappa shape index (κ3) is 3.03. The highest BCUT2D eigenvalue weighted by molar-refractivity contribution is 6.36. The van der Waals surface area contributed by atoms with E-state index in [1.807, 2.05) is 16.8 Å². The van der Waals surface area contributed by atoms with E-state index in [1.165, 1.54) is 12.8 Å². The Bertz CT molecular complexity index is 948. The standard InChI is InChI=1S/C17H12Cl2N4/c18-14-7-12(8-20-9-14)3-4-13-5-6-15-17(16(13)19)21-22-23(15)10-11-1-2-11/h5-9,11H,1-2,10H2. The van der Waals surface area contributed by atoms with Crippen molar-refractivity contribution in [3.8, 4) is 11.8 Å². The van der Waals surface area contributed by atoms with Crippen molar-refractivity contribution in [2.24, 2.45) is 5.92 Å². The van der Waals surface area contributed by atoms with Crippen LogP contribution in [0.3, 0.4) is 0 Å². The van der Waals surface area contributed by atoms with E-state index in [-0.39, 0.29) is 0 Å². The predicted octanol–water partition coefficient (Wildman–Crippen LogP) is 3.94. The minimum atomic E-state index is 0.534. The second-order valence-electron chi connectivity index (χ2n) is 5.65. The summed E-state index contributed by atoms with van der Waals surface area (Å²) in [4.78, 5) is 4.01. The third-order valence-electron chi connectivity index (χ3n) is 3.80. The van der Waals surface area contributed by atoms with Gasteiger partial charge in [-0.05, 0) is 37.0 Å². The van der Waals surface area contributed by atoms with E-state index in [4.69, 9.17) is 23.2 Å². The fraction of sp³-hybridized carbons (Fsp3) is 0.235. The Hall–Kier alpha value is -2.09. The predicted molar refractivity (Wildman–Crippen MR) is 90.5 cm³/mol. The third-order valence-corrected chi connectivity index (χ3v) is 4.39. The quantitative estimate of drug-likeness (QED) is 0.662. The van der Waals surface area contributed by atoms with Crippen molar-refractivity contribution in [3.63, 3.8) is 0 Å². The molecule has 4 nitrogen and oxygen atoms in total. The molecule has 114 valence electrons. The van der Waals surface area contributed by atoms with Crippen LogP contribution in [0.1, 0.15) is 24.0 Å². The highest BCUT2D eigenvalue weighted by atomic mass is 35.5. The number of rotatable bonds is 2. The van der Waals surface area contributed by atoms with E-state index in [0.29, 0.717) is 15.6 Å². The molecule has 3 aromatic rings. The van der Waals surface area contributed by atoms with Gasteiger partial charge in [0.25, 0.3) is 0 Å². The molecule has 1 aromatic carbocycles. The summed E-state index contributed by atoms with van der Waals surface area (Å²) in [5, 5.41) is 9.51. The van der Waals surface area contributed by atoms with Gasteiger partial charge in [-0.2, -0.15) is 0 Å². The van der Waals surface area contributed by atoms with Gasteiger partial charge in [0.15, 0.2) is 0 Å². The van der Waals surface area contributed by atoms with Gasteiger partial charge in [-0.3, -0.25) is 4.98 Å². The molecule has 23 heavy (non-hydrogen) atoms. The first-order valence-corrected chi connectivity index (χ1v) is 8.10. The number of aromatic nitrogens is 4. The van der Waals surface area contributed by atoms with Crippen molar-refractivity contribution in [1.82, 2.24) is 20.0 Å². The first-order valence-electron chi connectivity index (χ1n) is 7.35. The van der Waals surface area contributed by atoms with E-state index in [2.05, 4.69) is 27.1 Å². The molecular formula is C17H12Cl2N4. The summed E-state index contributed by atoms with van der Waals surface area (Å²) in [5.74, 6) is 6.80. The average molecular weight is 343 g/mol. The van der Waals surface area contributed by atoms with E-state index >= 15 is 0 Å². The minimum Gasteiger partial charge on any atom is -0.262 e. The molecular weight excluding hydrogens is 331 g/mol. The highest BCUT2D eigenvalue weighted by Crippen LogP contribution is 2.32. The van der Waals surface area contributed by atoms with E-state index in [9.17, 15) is 0 Å². The van der Waals surface area contributed by atoms with Crippen LogP contribution in [-0.4, -0.2) is 20.0 Å². The smallest absolute Gasteiger partial charge is 0.133 e. The summed E-state index contributed by atoms with van der Waals surface area (Å²) in [6.45, 7) is 0.909. The molecule has 0 amide bonds. The molecule has 0 aliphatic heterocycles. The molecule has 0 saturated heterocycles. The largest absolute Gasteiger partial charge is 0.262 e. The molecule has 2 heterocycles. The van der Waals surface area contributed by atoms with Gasteiger partial charge in [0.2, 0.25) is 0 Å². The second kappa shape index (κ2) is 5.84. The van der Waals surface area contributed by atoms with Crippen molar-refractivity contribution in [1.29, 1.82) is 0 Å². The minimum absolute atomic E-state index is 0.534. The topological polar surface area (TPSA) is 43.6 Å². The Kier molecular flexibility index (Phi) is 3.68. The zero-order valence-electron chi connectivity index (χ0n) is 12.1. The number of halogens is 2. The number of nitrogens with zero attached hydrogens (tertiary/aromatic N) is 4. The molecule has 0 radical (unpaired) electrons. The maximum absolute atomic E-state index is 6.44. The van der Waals surface area contributed by atoms with Crippen LogP contribution in [0, 0.1) is 17.8 Å². The summed E-state index contributed by atoms with van der Waals surface area (Å²) < 4.78 is 1.93. The Balaban J connectivity index is 1.70. The number of benzene rings is 1. The maximum Gasteiger partial charge on any atom is 0.133 e. The summed E-state index contributed by atoms with van der Waals surface area (Å²) in [5.41, 5.74) is 3.11. The van der Waals surface area contributed by atoms with Crippen molar-refractivity contribution in [2.75, 3.05) is 0 Å². The average Bonchev–Trinajstić information content (AvgIpc) is 3.26. The number of hydrogen-bond acceptors (Lipinski definition) is 3. The van der Waals surface area contributed by atoms with Crippen LogP contribution < -0.4 is 0 Å². The lowest BCUT2D eigenvalue weighted by atomic mass is 10.2. The van der Waals surface area contributed by atoms with Crippen molar-refractivity contribution < 1.29 is 0 Å². The molecule has 0 bridgehead atoms. The van der Waals surface area contributed by atoms with E-state index in [0.717, 1.165) is 29.1 Å². The Morgan fingerprint density at radius 3 is 2.83 bits per heavy atom. The molecule has 4 rings (SSSR count). The lowest BCUT2D eigenvalue weighted by Crippen LogP contribution is -2.01. The van der Waals surface area contributed by atoms with Gasteiger partial charge >= 0.3 is 0 Å².